The third kappa shape index (κ3) is 9.25. The molecule has 13 nitrogen and oxygen atoms in total. The maximum atomic E-state index is 14.9. The van der Waals surface area contributed by atoms with Crippen molar-refractivity contribution < 1.29 is 46.6 Å². The number of imide groups is 2. The molecule has 3 aromatic rings. The first-order valence-electron chi connectivity index (χ1n) is 19.6. The highest BCUT2D eigenvalue weighted by Gasteiger charge is 2.45. The molecule has 5 heterocycles. The van der Waals surface area contributed by atoms with Crippen LogP contribution in [-0.4, -0.2) is 90.5 Å². The van der Waals surface area contributed by atoms with E-state index in [9.17, 15) is 37.1 Å². The molecule has 0 spiro atoms. The number of anilines is 2. The molecular formula is C40H45F3N6O7S. The number of morpholine rings is 1. The highest BCUT2D eigenvalue weighted by Crippen LogP contribution is 2.38. The maximum absolute atomic E-state index is 14.9. The van der Waals surface area contributed by atoms with E-state index in [-0.39, 0.29) is 53.2 Å². The van der Waals surface area contributed by atoms with Crippen molar-refractivity contribution in [1.82, 2.24) is 20.5 Å². The minimum Gasteiger partial charge on any atom is -0.480 e. The zero-order valence-corrected chi connectivity index (χ0v) is 32.2. The van der Waals surface area contributed by atoms with Gasteiger partial charge in [-0.25, -0.2) is 13.8 Å². The van der Waals surface area contributed by atoms with E-state index < -0.39 is 59.6 Å². The second-order valence-corrected chi connectivity index (χ2v) is 15.7. The molecule has 57 heavy (non-hydrogen) atoms. The van der Waals surface area contributed by atoms with E-state index in [1.54, 1.807) is 5.38 Å². The number of nitrogens with one attached hydrogen (secondary N) is 3. The van der Waals surface area contributed by atoms with Crippen molar-refractivity contribution in [3.63, 3.8) is 0 Å². The van der Waals surface area contributed by atoms with Crippen molar-refractivity contribution in [3.8, 4) is 17.0 Å². The van der Waals surface area contributed by atoms with Gasteiger partial charge in [0.15, 0.2) is 23.3 Å². The Kier molecular flexibility index (Phi) is 12.7. The number of benzene rings is 2. The summed E-state index contributed by atoms with van der Waals surface area (Å²) in [7, 11) is 0. The van der Waals surface area contributed by atoms with E-state index in [0.717, 1.165) is 99.5 Å². The first-order valence-corrected chi connectivity index (χ1v) is 20.5. The van der Waals surface area contributed by atoms with Gasteiger partial charge in [-0.3, -0.25) is 34.2 Å². The van der Waals surface area contributed by atoms with Gasteiger partial charge in [-0.15, -0.1) is 11.3 Å². The molecule has 3 fully saturated rings. The lowest BCUT2D eigenvalue weighted by molar-refractivity contribution is -0.136. The summed E-state index contributed by atoms with van der Waals surface area (Å²) in [6.07, 6.45) is 9.73. The maximum Gasteiger partial charge on any atom is 0.262 e. The molecule has 0 saturated carbocycles. The predicted octanol–water partition coefficient (Wildman–Crippen LogP) is 5.72. The van der Waals surface area contributed by atoms with E-state index in [1.165, 1.54) is 23.5 Å². The van der Waals surface area contributed by atoms with Gasteiger partial charge in [0.05, 0.1) is 34.7 Å². The number of thiazole rings is 1. The molecule has 4 aliphatic heterocycles. The van der Waals surface area contributed by atoms with Crippen LogP contribution in [0, 0.1) is 17.5 Å². The van der Waals surface area contributed by atoms with E-state index in [4.69, 9.17) is 9.47 Å². The number of carbonyl (C=O) groups is 5. The van der Waals surface area contributed by atoms with E-state index in [1.807, 2.05) is 0 Å². The highest BCUT2D eigenvalue weighted by molar-refractivity contribution is 7.14. The minimum absolute atomic E-state index is 0.00173. The zero-order valence-electron chi connectivity index (χ0n) is 31.4. The molecular weight excluding hydrogens is 766 g/mol. The summed E-state index contributed by atoms with van der Waals surface area (Å²) in [4.78, 5) is 69.8. The summed E-state index contributed by atoms with van der Waals surface area (Å²) in [5, 5.41) is 10.5. The number of rotatable bonds is 18. The highest BCUT2D eigenvalue weighted by atomic mass is 32.1. The van der Waals surface area contributed by atoms with E-state index >= 15 is 0 Å². The smallest absolute Gasteiger partial charge is 0.262 e. The topological polar surface area (TPSA) is 159 Å². The van der Waals surface area contributed by atoms with Gasteiger partial charge in [-0.2, -0.15) is 4.39 Å². The summed E-state index contributed by atoms with van der Waals surface area (Å²) in [6.45, 7) is 1.90. The first kappa shape index (κ1) is 40.2. The van der Waals surface area contributed by atoms with Crippen LogP contribution in [0.1, 0.15) is 97.8 Å². The third-order valence-corrected chi connectivity index (χ3v) is 11.6. The van der Waals surface area contributed by atoms with Gasteiger partial charge in [-0.05, 0) is 56.4 Å². The monoisotopic (exact) mass is 810 g/mol. The van der Waals surface area contributed by atoms with Crippen LogP contribution in [0.5, 0.6) is 5.75 Å². The van der Waals surface area contributed by atoms with Crippen molar-refractivity contribution in [1.29, 1.82) is 0 Å². The lowest BCUT2D eigenvalue weighted by atomic mass is 10.0. The fourth-order valence-corrected chi connectivity index (χ4v) is 8.60. The number of hydrogen-bond donors (Lipinski definition) is 3. The average molecular weight is 811 g/mol. The van der Waals surface area contributed by atoms with Crippen LogP contribution in [0.15, 0.2) is 29.6 Å². The largest absolute Gasteiger partial charge is 0.480 e. The molecule has 3 atom stereocenters. The normalized spacial score (nSPS) is 20.2. The Morgan fingerprint density at radius 3 is 2.23 bits per heavy atom. The number of unbranched alkanes of at least 4 members (excludes halogenated alkanes) is 7. The molecule has 0 aliphatic carbocycles. The molecule has 0 radical (unpaired) electrons. The number of piperidine rings is 1. The second-order valence-electron chi connectivity index (χ2n) is 14.8. The molecule has 3 N–H and O–H groups in total. The molecule has 7 rings (SSSR count). The molecule has 4 aliphatic rings. The Balaban J connectivity index is 0.754. The molecule has 17 heteroatoms. The van der Waals surface area contributed by atoms with Crippen molar-refractivity contribution in [2.24, 2.45) is 0 Å². The molecule has 3 saturated heterocycles. The molecule has 304 valence electrons. The van der Waals surface area contributed by atoms with Gasteiger partial charge in [0.1, 0.15) is 11.9 Å². The predicted molar refractivity (Wildman–Crippen MR) is 205 cm³/mol. The van der Waals surface area contributed by atoms with Crippen molar-refractivity contribution in [2.75, 3.05) is 43.0 Å². The van der Waals surface area contributed by atoms with Gasteiger partial charge < -0.3 is 25.0 Å². The first-order chi connectivity index (χ1) is 27.6. The van der Waals surface area contributed by atoms with Crippen LogP contribution in [0.4, 0.5) is 24.0 Å². The Labute approximate surface area is 331 Å². The Bertz CT molecular complexity index is 2020. The van der Waals surface area contributed by atoms with Crippen molar-refractivity contribution in [2.45, 2.75) is 95.3 Å². The lowest BCUT2D eigenvalue weighted by Gasteiger charge is -2.31. The molecule has 1 aromatic heterocycles. The average Bonchev–Trinajstić information content (AvgIpc) is 3.88. The van der Waals surface area contributed by atoms with E-state index in [2.05, 4.69) is 25.8 Å². The Morgan fingerprint density at radius 1 is 0.860 bits per heavy atom. The van der Waals surface area contributed by atoms with Crippen LogP contribution in [-0.2, 0) is 19.1 Å². The van der Waals surface area contributed by atoms with Crippen molar-refractivity contribution >= 4 is 51.7 Å². The number of amides is 5. The number of hydrogen-bond acceptors (Lipinski definition) is 11. The standard InChI is InChI=1S/C40H45F3N6O7S/c41-28-12-11-25(31-22-57-40(46-31)48-19-23-9-10-24(20-48)56-23)36(35(28)43)55-21-34(51)45-16-8-6-4-2-1-3-5-7-15-44-30-18-27-26(17-29(30)42)38(53)49(39(27)54)32-13-14-33(50)47-37(32)52/h11-12,17-18,22-24,32,44H,1-10,13-16,19-21H2,(H,45,51)(H,47,50,52). The minimum atomic E-state index is -1.17. The van der Waals surface area contributed by atoms with Crippen LogP contribution in [0.25, 0.3) is 11.3 Å². The summed E-state index contributed by atoms with van der Waals surface area (Å²) in [5.74, 6) is -6.32. The van der Waals surface area contributed by atoms with Crippen LogP contribution >= 0.6 is 11.3 Å². The number of fused-ring (bicyclic) bond motifs is 3. The van der Waals surface area contributed by atoms with E-state index in [0.29, 0.717) is 18.8 Å². The number of halogens is 3. The number of aromatic nitrogens is 1. The van der Waals surface area contributed by atoms with Crippen LogP contribution in [0.2, 0.25) is 0 Å². The number of carbonyl (C=O) groups excluding carboxylic acids is 5. The molecule has 2 bridgehead atoms. The molecule has 5 amide bonds. The summed E-state index contributed by atoms with van der Waals surface area (Å²) in [5.41, 5.74) is 0.748. The quantitative estimate of drug-likeness (QED) is 0.107. The molecule has 3 unspecified atom stereocenters. The third-order valence-electron chi connectivity index (χ3n) is 10.7. The summed E-state index contributed by atoms with van der Waals surface area (Å²) in [6, 6.07) is 3.65. The van der Waals surface area contributed by atoms with Gasteiger partial charge >= 0.3 is 0 Å². The fourth-order valence-electron chi connectivity index (χ4n) is 7.76. The van der Waals surface area contributed by atoms with Crippen molar-refractivity contribution in [3.05, 3.63) is 58.2 Å². The van der Waals surface area contributed by atoms with Gasteiger partial charge in [0.2, 0.25) is 17.6 Å². The van der Waals surface area contributed by atoms with Gasteiger partial charge in [0, 0.05) is 43.5 Å². The SMILES string of the molecule is O=C(COc1c(-c2csc(N3CC4CCC(C3)O4)n2)ccc(F)c1F)NCCCCCCCCCCNc1cc2c(cc1F)C(=O)N(C1CCC(=O)NC1=O)C2=O. The Morgan fingerprint density at radius 2 is 1.53 bits per heavy atom. The summed E-state index contributed by atoms with van der Waals surface area (Å²) >= 11 is 1.42. The summed E-state index contributed by atoms with van der Waals surface area (Å²) < 4.78 is 55.4. The molecule has 2 aromatic carbocycles. The van der Waals surface area contributed by atoms with Gasteiger partial charge in [-0.1, -0.05) is 38.5 Å². The number of ether oxygens (including phenoxy) is 2. The Hall–Kier alpha value is -5.03. The van der Waals surface area contributed by atoms with Crippen LogP contribution < -0.4 is 25.6 Å². The number of nitrogens with zero attached hydrogens (tertiary/aromatic N) is 3. The lowest BCUT2D eigenvalue weighted by Crippen LogP contribution is -2.54. The second kappa shape index (κ2) is 18.1. The zero-order chi connectivity index (χ0) is 40.1. The van der Waals surface area contributed by atoms with Crippen LogP contribution in [0.3, 0.4) is 0 Å². The van der Waals surface area contributed by atoms with Gasteiger partial charge in [0.25, 0.3) is 17.7 Å². The fraction of sp³-hybridized carbons (Fsp3) is 0.500.